The van der Waals surface area contributed by atoms with Gasteiger partial charge >= 0.3 is 0 Å². The van der Waals surface area contributed by atoms with Gasteiger partial charge in [0.25, 0.3) is 0 Å². The Labute approximate surface area is 134 Å². The van der Waals surface area contributed by atoms with E-state index < -0.39 is 0 Å². The zero-order valence-electron chi connectivity index (χ0n) is 11.4. The van der Waals surface area contributed by atoms with Crippen LogP contribution in [0.4, 0.5) is 0 Å². The Hall–Kier alpha value is -1.51. The number of allylic oxidation sites excluding steroid dienone is 1. The van der Waals surface area contributed by atoms with E-state index >= 15 is 0 Å². The number of rotatable bonds is 6. The van der Waals surface area contributed by atoms with Crippen molar-refractivity contribution in [3.05, 3.63) is 36.0 Å². The van der Waals surface area contributed by atoms with Crippen molar-refractivity contribution in [2.24, 2.45) is 0 Å². The number of aromatic nitrogens is 5. The van der Waals surface area contributed by atoms with Crippen molar-refractivity contribution >= 4 is 34.6 Å². The van der Waals surface area contributed by atoms with Crippen LogP contribution in [0.1, 0.15) is 12.7 Å². The summed E-state index contributed by atoms with van der Waals surface area (Å²) in [5.41, 5.74) is 0. The number of thiophene rings is 1. The molecule has 108 valence electrons. The molecule has 0 aliphatic heterocycles. The SMILES string of the molecule is C=CCn1c(Sc2nc(CC)ns2)nnc1-c1cccs1. The number of hydrogen-bond donors (Lipinski definition) is 0. The second-order valence-electron chi connectivity index (χ2n) is 4.11. The first-order valence-electron chi connectivity index (χ1n) is 6.40. The Morgan fingerprint density at radius 3 is 3.00 bits per heavy atom. The highest BCUT2D eigenvalue weighted by Gasteiger charge is 2.16. The van der Waals surface area contributed by atoms with Crippen LogP contribution >= 0.6 is 34.6 Å². The van der Waals surface area contributed by atoms with Crippen LogP contribution in [0.25, 0.3) is 10.7 Å². The first-order valence-corrected chi connectivity index (χ1v) is 8.87. The molecule has 0 fully saturated rings. The highest BCUT2D eigenvalue weighted by Crippen LogP contribution is 2.32. The minimum atomic E-state index is 0.669. The Kier molecular flexibility index (Phi) is 4.47. The molecular weight excluding hydrogens is 322 g/mol. The van der Waals surface area contributed by atoms with E-state index in [2.05, 4.69) is 30.7 Å². The van der Waals surface area contributed by atoms with E-state index in [0.717, 1.165) is 32.4 Å². The molecule has 0 saturated carbocycles. The van der Waals surface area contributed by atoms with Gasteiger partial charge in [-0.25, -0.2) is 4.98 Å². The summed E-state index contributed by atoms with van der Waals surface area (Å²) >= 11 is 4.55. The van der Waals surface area contributed by atoms with Crippen LogP contribution in [0.2, 0.25) is 0 Å². The van der Waals surface area contributed by atoms with Crippen LogP contribution < -0.4 is 0 Å². The number of hydrogen-bond acceptors (Lipinski definition) is 7. The third-order valence-corrected chi connectivity index (χ3v) is 5.35. The molecule has 8 heteroatoms. The maximum Gasteiger partial charge on any atom is 0.198 e. The lowest BCUT2D eigenvalue weighted by atomic mass is 10.4. The third-order valence-electron chi connectivity index (χ3n) is 2.71. The monoisotopic (exact) mass is 335 g/mol. The topological polar surface area (TPSA) is 56.5 Å². The third kappa shape index (κ3) is 3.07. The molecule has 0 aromatic carbocycles. The highest BCUT2D eigenvalue weighted by atomic mass is 32.2. The van der Waals surface area contributed by atoms with Crippen LogP contribution in [-0.2, 0) is 13.0 Å². The van der Waals surface area contributed by atoms with E-state index in [1.807, 2.05) is 30.5 Å². The van der Waals surface area contributed by atoms with E-state index in [1.54, 1.807) is 11.3 Å². The maximum absolute atomic E-state index is 4.46. The average molecular weight is 335 g/mol. The zero-order chi connectivity index (χ0) is 14.7. The van der Waals surface area contributed by atoms with E-state index in [0.29, 0.717) is 6.54 Å². The van der Waals surface area contributed by atoms with Crippen LogP contribution in [0, 0.1) is 0 Å². The van der Waals surface area contributed by atoms with Crippen LogP contribution in [-0.4, -0.2) is 24.1 Å². The van der Waals surface area contributed by atoms with Crippen LogP contribution in [0.5, 0.6) is 0 Å². The number of aryl methyl sites for hydroxylation is 1. The smallest absolute Gasteiger partial charge is 0.198 e. The molecule has 0 bridgehead atoms. The molecule has 0 spiro atoms. The number of nitrogens with zero attached hydrogens (tertiary/aromatic N) is 5. The largest absolute Gasteiger partial charge is 0.297 e. The fourth-order valence-corrected chi connectivity index (χ4v) is 4.11. The molecule has 5 nitrogen and oxygen atoms in total. The minimum Gasteiger partial charge on any atom is -0.297 e. The Bertz CT molecular complexity index is 729. The molecule has 0 aliphatic carbocycles. The van der Waals surface area contributed by atoms with Gasteiger partial charge in [0, 0.05) is 13.0 Å². The summed E-state index contributed by atoms with van der Waals surface area (Å²) < 4.78 is 7.24. The molecule has 0 aliphatic rings. The molecule has 0 atom stereocenters. The van der Waals surface area contributed by atoms with Gasteiger partial charge in [0.15, 0.2) is 15.3 Å². The summed E-state index contributed by atoms with van der Waals surface area (Å²) in [5.74, 6) is 1.74. The fourth-order valence-electron chi connectivity index (χ4n) is 1.75. The van der Waals surface area contributed by atoms with Gasteiger partial charge in [0.1, 0.15) is 5.82 Å². The summed E-state index contributed by atoms with van der Waals surface area (Å²) in [4.78, 5) is 5.56. The molecule has 0 radical (unpaired) electrons. The predicted molar refractivity (Wildman–Crippen MR) is 86.9 cm³/mol. The van der Waals surface area contributed by atoms with Crippen LogP contribution in [0.3, 0.4) is 0 Å². The molecule has 21 heavy (non-hydrogen) atoms. The van der Waals surface area contributed by atoms with Crippen molar-refractivity contribution in [1.29, 1.82) is 0 Å². The molecule has 3 aromatic heterocycles. The first-order chi connectivity index (χ1) is 10.3. The summed E-state index contributed by atoms with van der Waals surface area (Å²) in [6.45, 7) is 6.53. The molecule has 3 rings (SSSR count). The van der Waals surface area contributed by atoms with E-state index in [4.69, 9.17) is 0 Å². The second-order valence-corrected chi connectivity index (χ2v) is 7.03. The quantitative estimate of drug-likeness (QED) is 0.642. The standard InChI is InChI=1S/C13H13N5S3/c1-3-7-18-11(9-6-5-8-19-9)15-16-12(18)20-13-14-10(4-2)17-21-13/h3,5-6,8H,1,4,7H2,2H3. The van der Waals surface area contributed by atoms with Gasteiger partial charge in [-0.1, -0.05) is 19.1 Å². The van der Waals surface area contributed by atoms with Gasteiger partial charge in [0.2, 0.25) is 0 Å². The molecule has 0 saturated heterocycles. The minimum absolute atomic E-state index is 0.669. The molecule has 3 heterocycles. The van der Waals surface area contributed by atoms with Gasteiger partial charge in [-0.2, -0.15) is 4.37 Å². The normalized spacial score (nSPS) is 10.9. The Morgan fingerprint density at radius 1 is 1.43 bits per heavy atom. The van der Waals surface area contributed by atoms with E-state index in [1.165, 1.54) is 23.3 Å². The Morgan fingerprint density at radius 2 is 2.33 bits per heavy atom. The molecule has 0 N–H and O–H groups in total. The second kappa shape index (κ2) is 6.50. The predicted octanol–water partition coefficient (Wildman–Crippen LogP) is 3.76. The Balaban J connectivity index is 1.93. The van der Waals surface area contributed by atoms with Crippen molar-refractivity contribution in [2.75, 3.05) is 0 Å². The highest BCUT2D eigenvalue weighted by molar-refractivity contribution is 8.00. The zero-order valence-corrected chi connectivity index (χ0v) is 13.8. The summed E-state index contributed by atoms with van der Waals surface area (Å²) in [7, 11) is 0. The summed E-state index contributed by atoms with van der Waals surface area (Å²) in [6.07, 6.45) is 2.69. The van der Waals surface area contributed by atoms with Crippen molar-refractivity contribution in [3.8, 4) is 10.7 Å². The molecule has 0 amide bonds. The summed E-state index contributed by atoms with van der Waals surface area (Å²) in [5, 5.41) is 11.5. The van der Waals surface area contributed by atoms with Crippen molar-refractivity contribution in [2.45, 2.75) is 29.4 Å². The summed E-state index contributed by atoms with van der Waals surface area (Å²) in [6, 6.07) is 4.06. The molecule has 3 aromatic rings. The van der Waals surface area contributed by atoms with E-state index in [9.17, 15) is 0 Å². The van der Waals surface area contributed by atoms with Gasteiger partial charge in [-0.05, 0) is 34.7 Å². The van der Waals surface area contributed by atoms with Crippen LogP contribution in [0.15, 0.2) is 39.7 Å². The van der Waals surface area contributed by atoms with Crippen molar-refractivity contribution in [3.63, 3.8) is 0 Å². The van der Waals surface area contributed by atoms with Crippen molar-refractivity contribution < 1.29 is 0 Å². The first kappa shape index (κ1) is 14.4. The maximum atomic E-state index is 4.46. The lowest BCUT2D eigenvalue weighted by Gasteiger charge is -2.04. The van der Waals surface area contributed by atoms with Gasteiger partial charge in [-0.15, -0.1) is 28.1 Å². The van der Waals surface area contributed by atoms with E-state index in [-0.39, 0.29) is 0 Å². The fraction of sp³-hybridized carbons (Fsp3) is 0.231. The molecular formula is C13H13N5S3. The lowest BCUT2D eigenvalue weighted by Crippen LogP contribution is -1.99. The van der Waals surface area contributed by atoms with Gasteiger partial charge < -0.3 is 0 Å². The van der Waals surface area contributed by atoms with Gasteiger partial charge in [0.05, 0.1) is 4.88 Å². The van der Waals surface area contributed by atoms with Gasteiger partial charge in [-0.3, -0.25) is 4.57 Å². The molecule has 0 unspecified atom stereocenters. The average Bonchev–Trinajstić information content (AvgIpc) is 3.21. The lowest BCUT2D eigenvalue weighted by molar-refractivity contribution is 0.731. The van der Waals surface area contributed by atoms with Crippen molar-refractivity contribution in [1.82, 2.24) is 24.1 Å².